The number of rotatable bonds is 7. The van der Waals surface area contributed by atoms with Crippen molar-refractivity contribution in [2.75, 3.05) is 46.0 Å². The molecule has 2 aliphatic carbocycles. The molecule has 0 aromatic heterocycles. The Balaban J connectivity index is 1.63. The van der Waals surface area contributed by atoms with Crippen LogP contribution in [0.1, 0.15) is 72.1 Å². The van der Waals surface area contributed by atoms with Crippen LogP contribution in [0, 0.1) is 17.3 Å². The number of nitrogens with one attached hydrogen (secondary N) is 1. The van der Waals surface area contributed by atoms with Gasteiger partial charge in [0, 0.05) is 44.4 Å². The van der Waals surface area contributed by atoms with Gasteiger partial charge in [-0.2, -0.15) is 0 Å². The molecule has 2 heterocycles. The minimum absolute atomic E-state index is 0.0458. The maximum absolute atomic E-state index is 14.1. The number of ether oxygens (including phenoxy) is 1. The third kappa shape index (κ3) is 4.93. The molecular formula is C27H45N3O4. The normalized spacial score (nSPS) is 33.3. The molecule has 0 unspecified atom stereocenters. The molecule has 2 amide bonds. The number of carbonyl (C=O) groups is 2. The van der Waals surface area contributed by atoms with E-state index in [4.69, 9.17) is 4.74 Å². The highest BCUT2D eigenvalue weighted by atomic mass is 16.5. The molecule has 34 heavy (non-hydrogen) atoms. The van der Waals surface area contributed by atoms with E-state index in [0.29, 0.717) is 12.5 Å². The zero-order chi connectivity index (χ0) is 24.3. The van der Waals surface area contributed by atoms with Crippen molar-refractivity contribution in [1.29, 1.82) is 0 Å². The van der Waals surface area contributed by atoms with Gasteiger partial charge >= 0.3 is 0 Å². The summed E-state index contributed by atoms with van der Waals surface area (Å²) in [5.41, 5.74) is 1.32. The lowest BCUT2D eigenvalue weighted by Crippen LogP contribution is -2.65. The number of morpholine rings is 1. The van der Waals surface area contributed by atoms with E-state index in [0.717, 1.165) is 95.4 Å². The van der Waals surface area contributed by atoms with Gasteiger partial charge in [0.25, 0.3) is 0 Å². The fourth-order valence-corrected chi connectivity index (χ4v) is 7.00. The Morgan fingerprint density at radius 1 is 1.15 bits per heavy atom. The van der Waals surface area contributed by atoms with E-state index in [1.54, 1.807) is 0 Å². The van der Waals surface area contributed by atoms with Gasteiger partial charge in [0.1, 0.15) is 0 Å². The van der Waals surface area contributed by atoms with Crippen molar-refractivity contribution in [2.45, 2.75) is 84.2 Å². The van der Waals surface area contributed by atoms with Gasteiger partial charge in [-0.1, -0.05) is 0 Å². The minimum Gasteiger partial charge on any atom is -0.396 e. The van der Waals surface area contributed by atoms with Gasteiger partial charge in [-0.05, 0) is 89.5 Å². The quantitative estimate of drug-likeness (QED) is 0.592. The molecule has 2 fully saturated rings. The Hall–Kier alpha value is -1.44. The maximum atomic E-state index is 14.1. The number of hydrogen-bond donors (Lipinski definition) is 2. The SMILES string of the molecule is CC(C)N1C(=O)C2=C(CCCC2)[C@](C)(C(=O)NCCN2CCOCC2)[C@@H]1C1CCC(CO)CC1. The summed E-state index contributed by atoms with van der Waals surface area (Å²) in [7, 11) is 0. The molecule has 0 aromatic carbocycles. The number of hydrogen-bond acceptors (Lipinski definition) is 5. The molecule has 7 heteroatoms. The van der Waals surface area contributed by atoms with Crippen LogP contribution < -0.4 is 5.32 Å². The first-order valence-electron chi connectivity index (χ1n) is 13.6. The topological polar surface area (TPSA) is 82.1 Å². The first-order chi connectivity index (χ1) is 16.4. The summed E-state index contributed by atoms with van der Waals surface area (Å²) in [5, 5.41) is 13.0. The number of aliphatic hydroxyl groups is 1. The molecule has 2 aliphatic heterocycles. The largest absolute Gasteiger partial charge is 0.396 e. The van der Waals surface area contributed by atoms with Crippen LogP contribution in [0.5, 0.6) is 0 Å². The Bertz CT molecular complexity index is 768. The van der Waals surface area contributed by atoms with Crippen molar-refractivity contribution in [2.24, 2.45) is 17.3 Å². The minimum atomic E-state index is -0.699. The van der Waals surface area contributed by atoms with Crippen LogP contribution in [0.3, 0.4) is 0 Å². The number of amides is 2. The summed E-state index contributed by atoms with van der Waals surface area (Å²) in [6, 6.07) is -0.0793. The van der Waals surface area contributed by atoms with Crippen LogP contribution in [0.4, 0.5) is 0 Å². The van der Waals surface area contributed by atoms with Gasteiger partial charge in [0.15, 0.2) is 0 Å². The van der Waals surface area contributed by atoms with E-state index in [1.807, 2.05) is 0 Å². The molecule has 7 nitrogen and oxygen atoms in total. The van der Waals surface area contributed by atoms with Crippen LogP contribution in [0.2, 0.25) is 0 Å². The lowest BCUT2D eigenvalue weighted by molar-refractivity contribution is -0.147. The maximum Gasteiger partial charge on any atom is 0.250 e. The fourth-order valence-electron chi connectivity index (χ4n) is 7.00. The number of carbonyl (C=O) groups excluding carboxylic acids is 2. The molecule has 2 atom stereocenters. The predicted molar refractivity (Wildman–Crippen MR) is 132 cm³/mol. The van der Waals surface area contributed by atoms with E-state index >= 15 is 0 Å². The predicted octanol–water partition coefficient (Wildman–Crippen LogP) is 2.73. The van der Waals surface area contributed by atoms with Gasteiger partial charge in [0.05, 0.1) is 24.7 Å². The average molecular weight is 476 g/mol. The smallest absolute Gasteiger partial charge is 0.250 e. The molecule has 4 rings (SSSR count). The van der Waals surface area contributed by atoms with Crippen LogP contribution in [-0.4, -0.2) is 84.8 Å². The first kappa shape index (κ1) is 25.6. The highest BCUT2D eigenvalue weighted by Crippen LogP contribution is 2.51. The second-order valence-electron chi connectivity index (χ2n) is 11.3. The van der Waals surface area contributed by atoms with E-state index in [1.165, 1.54) is 0 Å². The summed E-state index contributed by atoms with van der Waals surface area (Å²) < 4.78 is 5.45. The lowest BCUT2D eigenvalue weighted by atomic mass is 9.60. The van der Waals surface area contributed by atoms with Gasteiger partial charge in [0.2, 0.25) is 11.8 Å². The number of aliphatic hydroxyl groups excluding tert-OH is 1. The second kappa shape index (κ2) is 11.1. The third-order valence-electron chi connectivity index (χ3n) is 8.92. The lowest BCUT2D eigenvalue weighted by Gasteiger charge is -2.55. The van der Waals surface area contributed by atoms with Gasteiger partial charge < -0.3 is 20.1 Å². The van der Waals surface area contributed by atoms with Crippen molar-refractivity contribution in [3.05, 3.63) is 11.1 Å². The Kier molecular flexibility index (Phi) is 8.36. The van der Waals surface area contributed by atoms with Gasteiger partial charge in [-0.15, -0.1) is 0 Å². The van der Waals surface area contributed by atoms with Crippen molar-refractivity contribution in [3.63, 3.8) is 0 Å². The standard InChI is InChI=1S/C27H45N3O4/c1-19(2)30-24(21-10-8-20(18-31)9-11-21)27(3,23-7-5-4-6-22(23)25(30)32)26(33)28-12-13-29-14-16-34-17-15-29/h19-21,24,31H,4-18H2,1-3H3,(H,28,33)/t20?,21?,24-,27-/m0/s1. The Morgan fingerprint density at radius 2 is 1.82 bits per heavy atom. The highest BCUT2D eigenvalue weighted by Gasteiger charge is 2.56. The zero-order valence-electron chi connectivity index (χ0n) is 21.5. The van der Waals surface area contributed by atoms with Crippen LogP contribution in [0.15, 0.2) is 11.1 Å². The van der Waals surface area contributed by atoms with Crippen LogP contribution in [-0.2, 0) is 14.3 Å². The average Bonchev–Trinajstić information content (AvgIpc) is 2.86. The molecule has 0 spiro atoms. The summed E-state index contributed by atoms with van der Waals surface area (Å²) in [4.78, 5) is 32.3. The molecule has 2 N–H and O–H groups in total. The zero-order valence-corrected chi connectivity index (χ0v) is 21.5. The molecule has 1 saturated heterocycles. The third-order valence-corrected chi connectivity index (χ3v) is 8.92. The summed E-state index contributed by atoms with van der Waals surface area (Å²) in [5.74, 6) is 0.876. The molecular weight excluding hydrogens is 430 g/mol. The fraction of sp³-hybridized carbons (Fsp3) is 0.852. The molecule has 0 bridgehead atoms. The van der Waals surface area contributed by atoms with Gasteiger partial charge in [-0.3, -0.25) is 14.5 Å². The second-order valence-corrected chi connectivity index (χ2v) is 11.3. The molecule has 0 radical (unpaired) electrons. The highest BCUT2D eigenvalue weighted by molar-refractivity contribution is 6.00. The summed E-state index contributed by atoms with van der Waals surface area (Å²) in [6.45, 7) is 11.3. The molecule has 192 valence electrons. The molecule has 0 aromatic rings. The molecule has 1 saturated carbocycles. The van der Waals surface area contributed by atoms with Crippen molar-refractivity contribution in [3.8, 4) is 0 Å². The van der Waals surface area contributed by atoms with Crippen molar-refractivity contribution in [1.82, 2.24) is 15.1 Å². The van der Waals surface area contributed by atoms with E-state index in [2.05, 4.69) is 35.9 Å². The van der Waals surface area contributed by atoms with Crippen LogP contribution >= 0.6 is 0 Å². The summed E-state index contributed by atoms with van der Waals surface area (Å²) >= 11 is 0. The van der Waals surface area contributed by atoms with Crippen LogP contribution in [0.25, 0.3) is 0 Å². The summed E-state index contributed by atoms with van der Waals surface area (Å²) in [6.07, 6.45) is 7.58. The van der Waals surface area contributed by atoms with Gasteiger partial charge in [-0.25, -0.2) is 0 Å². The van der Waals surface area contributed by atoms with E-state index in [-0.39, 0.29) is 36.4 Å². The number of nitrogens with zero attached hydrogens (tertiary/aromatic N) is 2. The monoisotopic (exact) mass is 475 g/mol. The Morgan fingerprint density at radius 3 is 2.47 bits per heavy atom. The van der Waals surface area contributed by atoms with Crippen molar-refractivity contribution >= 4 is 11.8 Å². The van der Waals surface area contributed by atoms with E-state index in [9.17, 15) is 14.7 Å². The Labute approximate surface area is 205 Å². The van der Waals surface area contributed by atoms with Crippen molar-refractivity contribution < 1.29 is 19.4 Å². The first-order valence-corrected chi connectivity index (χ1v) is 13.6. The molecule has 4 aliphatic rings. The van der Waals surface area contributed by atoms with E-state index < -0.39 is 5.41 Å².